The number of rotatable bonds is 3. The zero-order valence-corrected chi connectivity index (χ0v) is 13.3. The van der Waals surface area contributed by atoms with Crippen LogP contribution in [0.1, 0.15) is 11.1 Å². The Kier molecular flexibility index (Phi) is 4.15. The molecule has 0 unspecified atom stereocenters. The topological polar surface area (TPSA) is 46.2 Å². The minimum atomic E-state index is -3.73. The molecule has 3 nitrogen and oxygen atoms in total. The quantitative estimate of drug-likeness (QED) is 0.901. The summed E-state index contributed by atoms with van der Waals surface area (Å²) in [6.07, 6.45) is 0. The molecule has 20 heavy (non-hydrogen) atoms. The maximum absolute atomic E-state index is 13.1. The van der Waals surface area contributed by atoms with Crippen molar-refractivity contribution in [1.29, 1.82) is 0 Å². The molecule has 0 spiro atoms. The fourth-order valence-corrected chi connectivity index (χ4v) is 3.69. The van der Waals surface area contributed by atoms with Crippen molar-refractivity contribution in [3.63, 3.8) is 0 Å². The van der Waals surface area contributed by atoms with Crippen molar-refractivity contribution < 1.29 is 12.8 Å². The van der Waals surface area contributed by atoms with Crippen molar-refractivity contribution >= 4 is 31.6 Å². The molecule has 0 heterocycles. The van der Waals surface area contributed by atoms with Crippen LogP contribution in [0.2, 0.25) is 0 Å². The van der Waals surface area contributed by atoms with Crippen LogP contribution >= 0.6 is 15.9 Å². The molecular weight excluding hydrogens is 345 g/mol. The third-order valence-corrected chi connectivity index (χ3v) is 4.88. The first-order valence-corrected chi connectivity index (χ1v) is 8.12. The molecule has 0 saturated heterocycles. The Labute approximate surface area is 126 Å². The summed E-state index contributed by atoms with van der Waals surface area (Å²) in [6, 6.07) is 8.84. The second kappa shape index (κ2) is 5.54. The predicted octanol–water partition coefficient (Wildman–Crippen LogP) is 4.01. The SMILES string of the molecule is Cc1cc(Br)ccc1NS(=O)(=O)c1ccc(F)cc1C. The molecule has 0 atom stereocenters. The molecule has 0 aromatic heterocycles. The summed E-state index contributed by atoms with van der Waals surface area (Å²) >= 11 is 3.32. The molecular formula is C14H13BrFNO2S. The van der Waals surface area contributed by atoms with Crippen molar-refractivity contribution in [2.45, 2.75) is 18.7 Å². The van der Waals surface area contributed by atoms with Crippen molar-refractivity contribution in [3.05, 3.63) is 57.8 Å². The van der Waals surface area contributed by atoms with Gasteiger partial charge in [0.15, 0.2) is 0 Å². The Morgan fingerprint density at radius 2 is 1.75 bits per heavy atom. The van der Waals surface area contributed by atoms with E-state index < -0.39 is 15.8 Å². The van der Waals surface area contributed by atoms with Gasteiger partial charge in [-0.05, 0) is 61.4 Å². The molecule has 0 bridgehead atoms. The Hall–Kier alpha value is -1.40. The maximum Gasteiger partial charge on any atom is 0.262 e. The first-order chi connectivity index (χ1) is 9.29. The van der Waals surface area contributed by atoms with Gasteiger partial charge < -0.3 is 0 Å². The summed E-state index contributed by atoms with van der Waals surface area (Å²) in [5, 5.41) is 0. The van der Waals surface area contributed by atoms with Gasteiger partial charge in [-0.25, -0.2) is 12.8 Å². The van der Waals surface area contributed by atoms with E-state index in [0.29, 0.717) is 11.3 Å². The van der Waals surface area contributed by atoms with Gasteiger partial charge >= 0.3 is 0 Å². The fraction of sp³-hybridized carbons (Fsp3) is 0.143. The molecule has 106 valence electrons. The van der Waals surface area contributed by atoms with Crippen molar-refractivity contribution in [1.82, 2.24) is 0 Å². The van der Waals surface area contributed by atoms with Gasteiger partial charge in [0.1, 0.15) is 5.82 Å². The lowest BCUT2D eigenvalue weighted by molar-refractivity contribution is 0.598. The van der Waals surface area contributed by atoms with Crippen molar-refractivity contribution in [2.75, 3.05) is 4.72 Å². The third kappa shape index (κ3) is 3.19. The summed E-state index contributed by atoms with van der Waals surface area (Å²) in [5.74, 6) is -0.457. The van der Waals surface area contributed by atoms with Gasteiger partial charge in [0.2, 0.25) is 0 Å². The second-order valence-corrected chi connectivity index (χ2v) is 7.04. The van der Waals surface area contributed by atoms with E-state index in [4.69, 9.17) is 0 Å². The van der Waals surface area contributed by atoms with Crippen LogP contribution in [0.15, 0.2) is 45.8 Å². The van der Waals surface area contributed by atoms with Gasteiger partial charge in [-0.2, -0.15) is 0 Å². The number of anilines is 1. The van der Waals surface area contributed by atoms with Crippen LogP contribution in [0.4, 0.5) is 10.1 Å². The summed E-state index contributed by atoms with van der Waals surface area (Å²) in [7, 11) is -3.73. The number of benzene rings is 2. The van der Waals surface area contributed by atoms with Crippen molar-refractivity contribution in [2.24, 2.45) is 0 Å². The Morgan fingerprint density at radius 3 is 2.35 bits per heavy atom. The number of aryl methyl sites for hydroxylation is 2. The van der Waals surface area contributed by atoms with Gasteiger partial charge in [-0.15, -0.1) is 0 Å². The fourth-order valence-electron chi connectivity index (χ4n) is 1.86. The molecule has 1 N–H and O–H groups in total. The minimum absolute atomic E-state index is 0.0706. The van der Waals surface area contributed by atoms with E-state index in [9.17, 15) is 12.8 Å². The highest BCUT2D eigenvalue weighted by Crippen LogP contribution is 2.24. The van der Waals surface area contributed by atoms with Crippen LogP contribution in [-0.4, -0.2) is 8.42 Å². The number of sulfonamides is 1. The van der Waals surface area contributed by atoms with Gasteiger partial charge in [0.05, 0.1) is 10.6 Å². The predicted molar refractivity (Wildman–Crippen MR) is 80.8 cm³/mol. The van der Waals surface area contributed by atoms with E-state index in [1.165, 1.54) is 12.1 Å². The molecule has 0 aliphatic carbocycles. The second-order valence-electron chi connectivity index (χ2n) is 4.47. The maximum atomic E-state index is 13.1. The van der Waals surface area contributed by atoms with Crippen LogP contribution < -0.4 is 4.72 Å². The lowest BCUT2D eigenvalue weighted by atomic mass is 10.2. The smallest absolute Gasteiger partial charge is 0.262 e. The van der Waals surface area contributed by atoms with Gasteiger partial charge in [0.25, 0.3) is 10.0 Å². The van der Waals surface area contributed by atoms with E-state index in [-0.39, 0.29) is 4.90 Å². The highest BCUT2D eigenvalue weighted by atomic mass is 79.9. The highest BCUT2D eigenvalue weighted by Gasteiger charge is 2.18. The first kappa shape index (κ1) is 15.0. The molecule has 0 aliphatic rings. The molecule has 2 aromatic rings. The summed E-state index contributed by atoms with van der Waals surface area (Å²) in [4.78, 5) is 0.0706. The Morgan fingerprint density at radius 1 is 1.05 bits per heavy atom. The van der Waals surface area contributed by atoms with Crippen LogP contribution in [-0.2, 0) is 10.0 Å². The zero-order valence-electron chi connectivity index (χ0n) is 10.9. The van der Waals surface area contributed by atoms with E-state index in [1.807, 2.05) is 6.07 Å². The molecule has 0 saturated carbocycles. The Bertz CT molecular complexity index is 760. The zero-order chi connectivity index (χ0) is 14.9. The number of halogens is 2. The molecule has 0 fully saturated rings. The van der Waals surface area contributed by atoms with E-state index in [1.54, 1.807) is 26.0 Å². The standard InChI is InChI=1S/C14H13BrFNO2S/c1-9-7-11(15)3-5-13(9)17-20(18,19)14-6-4-12(16)8-10(14)2/h3-8,17H,1-2H3. The van der Waals surface area contributed by atoms with Crippen LogP contribution in [0, 0.1) is 19.7 Å². The normalized spacial score (nSPS) is 11.4. The van der Waals surface area contributed by atoms with Crippen molar-refractivity contribution in [3.8, 4) is 0 Å². The minimum Gasteiger partial charge on any atom is -0.279 e. The van der Waals surface area contributed by atoms with Crippen LogP contribution in [0.5, 0.6) is 0 Å². The summed E-state index contributed by atoms with van der Waals surface area (Å²) in [6.45, 7) is 3.37. The highest BCUT2D eigenvalue weighted by molar-refractivity contribution is 9.10. The third-order valence-electron chi connectivity index (χ3n) is 2.86. The summed E-state index contributed by atoms with van der Waals surface area (Å²) in [5.41, 5.74) is 1.66. The van der Waals surface area contributed by atoms with E-state index in [0.717, 1.165) is 16.1 Å². The average molecular weight is 358 g/mol. The van der Waals surface area contributed by atoms with E-state index >= 15 is 0 Å². The molecule has 0 amide bonds. The number of nitrogens with one attached hydrogen (secondary N) is 1. The van der Waals surface area contributed by atoms with Crippen LogP contribution in [0.3, 0.4) is 0 Å². The first-order valence-electron chi connectivity index (χ1n) is 5.85. The molecule has 2 rings (SSSR count). The van der Waals surface area contributed by atoms with Gasteiger partial charge in [0, 0.05) is 4.47 Å². The molecule has 0 aliphatic heterocycles. The summed E-state index contributed by atoms with van der Waals surface area (Å²) < 4.78 is 41.1. The largest absolute Gasteiger partial charge is 0.279 e. The van der Waals surface area contributed by atoms with Gasteiger partial charge in [-0.3, -0.25) is 4.72 Å². The monoisotopic (exact) mass is 357 g/mol. The Balaban J connectivity index is 2.41. The molecule has 0 radical (unpaired) electrons. The lowest BCUT2D eigenvalue weighted by Crippen LogP contribution is -2.15. The molecule has 6 heteroatoms. The van der Waals surface area contributed by atoms with Gasteiger partial charge in [-0.1, -0.05) is 15.9 Å². The van der Waals surface area contributed by atoms with E-state index in [2.05, 4.69) is 20.7 Å². The molecule has 2 aromatic carbocycles. The van der Waals surface area contributed by atoms with Crippen LogP contribution in [0.25, 0.3) is 0 Å². The average Bonchev–Trinajstić information content (AvgIpc) is 2.32. The lowest BCUT2D eigenvalue weighted by Gasteiger charge is -2.12. The number of hydrogen-bond acceptors (Lipinski definition) is 2. The number of hydrogen-bond donors (Lipinski definition) is 1.